The van der Waals surface area contributed by atoms with Gasteiger partial charge in [0, 0.05) is 5.69 Å². The van der Waals surface area contributed by atoms with E-state index in [1.165, 1.54) is 0 Å². The molecule has 0 radical (unpaired) electrons. The molecule has 0 aliphatic rings. The molecule has 0 aliphatic carbocycles. The van der Waals surface area contributed by atoms with Gasteiger partial charge in [-0.25, -0.2) is 0 Å². The Kier molecular flexibility index (Phi) is 4.88. The summed E-state index contributed by atoms with van der Waals surface area (Å²) in [7, 11) is 1.67. The zero-order valence-corrected chi connectivity index (χ0v) is 12.0. The SMILES string of the molecule is C=C[C@@H](C)C[C@@H](Nc1ccc(OC)cc1)c1ccco1. The van der Waals surface area contributed by atoms with E-state index in [0.717, 1.165) is 23.6 Å². The fraction of sp³-hybridized carbons (Fsp3) is 0.294. The minimum Gasteiger partial charge on any atom is -0.497 e. The molecule has 0 unspecified atom stereocenters. The summed E-state index contributed by atoms with van der Waals surface area (Å²) in [6, 6.07) is 11.9. The van der Waals surface area contributed by atoms with Crippen molar-refractivity contribution in [2.75, 3.05) is 12.4 Å². The number of hydrogen-bond donors (Lipinski definition) is 1. The van der Waals surface area contributed by atoms with Crippen LogP contribution in [0, 0.1) is 5.92 Å². The molecule has 2 atom stereocenters. The van der Waals surface area contributed by atoms with Crippen molar-refractivity contribution in [3.63, 3.8) is 0 Å². The number of methoxy groups -OCH3 is 1. The first-order chi connectivity index (χ1) is 9.72. The van der Waals surface area contributed by atoms with E-state index in [-0.39, 0.29) is 6.04 Å². The summed E-state index contributed by atoms with van der Waals surface area (Å²) in [5.41, 5.74) is 1.04. The Bertz CT molecular complexity index is 516. The maximum absolute atomic E-state index is 5.54. The summed E-state index contributed by atoms with van der Waals surface area (Å²) >= 11 is 0. The normalized spacial score (nSPS) is 13.5. The lowest BCUT2D eigenvalue weighted by Gasteiger charge is -2.20. The molecule has 0 saturated carbocycles. The monoisotopic (exact) mass is 271 g/mol. The highest BCUT2D eigenvalue weighted by atomic mass is 16.5. The Morgan fingerprint density at radius 3 is 2.60 bits per heavy atom. The van der Waals surface area contributed by atoms with Gasteiger partial charge in [0.05, 0.1) is 19.4 Å². The molecule has 2 rings (SSSR count). The van der Waals surface area contributed by atoms with E-state index in [0.29, 0.717) is 5.92 Å². The molecule has 0 fully saturated rings. The summed E-state index contributed by atoms with van der Waals surface area (Å²) in [6.45, 7) is 6.00. The van der Waals surface area contributed by atoms with Crippen LogP contribution in [0.1, 0.15) is 25.1 Å². The molecule has 0 saturated heterocycles. The van der Waals surface area contributed by atoms with E-state index < -0.39 is 0 Å². The molecule has 1 N–H and O–H groups in total. The predicted molar refractivity (Wildman–Crippen MR) is 82.0 cm³/mol. The molecule has 1 aromatic heterocycles. The Morgan fingerprint density at radius 1 is 1.30 bits per heavy atom. The second-order valence-electron chi connectivity index (χ2n) is 4.89. The minimum atomic E-state index is 0.131. The van der Waals surface area contributed by atoms with Gasteiger partial charge >= 0.3 is 0 Å². The molecule has 0 bridgehead atoms. The van der Waals surface area contributed by atoms with E-state index in [9.17, 15) is 0 Å². The lowest BCUT2D eigenvalue weighted by Crippen LogP contribution is -2.13. The van der Waals surface area contributed by atoms with Crippen LogP contribution in [0.4, 0.5) is 5.69 Å². The first-order valence-electron chi connectivity index (χ1n) is 6.79. The van der Waals surface area contributed by atoms with Gasteiger partial charge in [-0.1, -0.05) is 13.0 Å². The van der Waals surface area contributed by atoms with Gasteiger partial charge in [-0.05, 0) is 48.7 Å². The summed E-state index contributed by atoms with van der Waals surface area (Å²) in [5, 5.41) is 3.50. The van der Waals surface area contributed by atoms with Crippen molar-refractivity contribution >= 4 is 5.69 Å². The van der Waals surface area contributed by atoms with E-state index in [1.54, 1.807) is 13.4 Å². The lowest BCUT2D eigenvalue weighted by molar-refractivity contribution is 0.414. The molecular formula is C17H21NO2. The van der Waals surface area contributed by atoms with E-state index >= 15 is 0 Å². The number of furan rings is 1. The molecule has 3 heteroatoms. The first kappa shape index (κ1) is 14.3. The Morgan fingerprint density at radius 2 is 2.05 bits per heavy atom. The summed E-state index contributed by atoms with van der Waals surface area (Å²) < 4.78 is 10.7. The number of rotatable bonds is 7. The molecule has 106 valence electrons. The quantitative estimate of drug-likeness (QED) is 0.744. The maximum Gasteiger partial charge on any atom is 0.125 e. The highest BCUT2D eigenvalue weighted by Crippen LogP contribution is 2.27. The number of ether oxygens (including phenoxy) is 1. The zero-order chi connectivity index (χ0) is 14.4. The highest BCUT2D eigenvalue weighted by molar-refractivity contribution is 5.47. The van der Waals surface area contributed by atoms with Crippen molar-refractivity contribution in [3.8, 4) is 5.75 Å². The van der Waals surface area contributed by atoms with Gasteiger partial charge in [0.1, 0.15) is 11.5 Å². The van der Waals surface area contributed by atoms with Gasteiger partial charge in [0.2, 0.25) is 0 Å². The number of anilines is 1. The highest BCUT2D eigenvalue weighted by Gasteiger charge is 2.16. The standard InChI is InChI=1S/C17H21NO2/c1-4-13(2)12-16(17-6-5-11-20-17)18-14-7-9-15(19-3)10-8-14/h4-11,13,16,18H,1,12H2,2-3H3/t13-,16-/m1/s1. The van der Waals surface area contributed by atoms with E-state index in [4.69, 9.17) is 9.15 Å². The van der Waals surface area contributed by atoms with Crippen molar-refractivity contribution < 1.29 is 9.15 Å². The number of benzene rings is 1. The minimum absolute atomic E-state index is 0.131. The van der Waals surface area contributed by atoms with Crippen molar-refractivity contribution in [1.82, 2.24) is 0 Å². The summed E-state index contributed by atoms with van der Waals surface area (Å²) in [4.78, 5) is 0. The molecule has 3 nitrogen and oxygen atoms in total. The molecule has 1 aromatic carbocycles. The average molecular weight is 271 g/mol. The molecule has 0 spiro atoms. The van der Waals surface area contributed by atoms with Gasteiger partial charge in [0.15, 0.2) is 0 Å². The topological polar surface area (TPSA) is 34.4 Å². The maximum atomic E-state index is 5.54. The first-order valence-corrected chi connectivity index (χ1v) is 6.79. The zero-order valence-electron chi connectivity index (χ0n) is 12.0. The van der Waals surface area contributed by atoms with Gasteiger partial charge in [-0.2, -0.15) is 0 Å². The number of allylic oxidation sites excluding steroid dienone is 1. The number of nitrogens with one attached hydrogen (secondary N) is 1. The van der Waals surface area contributed by atoms with E-state index in [2.05, 4.69) is 18.8 Å². The van der Waals surface area contributed by atoms with Crippen LogP contribution >= 0.6 is 0 Å². The van der Waals surface area contributed by atoms with Gasteiger partial charge in [-0.15, -0.1) is 6.58 Å². The lowest BCUT2D eigenvalue weighted by atomic mass is 10.00. The Balaban J connectivity index is 2.12. The second kappa shape index (κ2) is 6.85. The average Bonchev–Trinajstić information content (AvgIpc) is 3.01. The van der Waals surface area contributed by atoms with Crippen LogP contribution in [-0.2, 0) is 0 Å². The third-order valence-electron chi connectivity index (χ3n) is 3.33. The molecular weight excluding hydrogens is 250 g/mol. The van der Waals surface area contributed by atoms with Crippen molar-refractivity contribution in [2.45, 2.75) is 19.4 Å². The smallest absolute Gasteiger partial charge is 0.125 e. The third kappa shape index (κ3) is 3.67. The van der Waals surface area contributed by atoms with Gasteiger partial charge in [-0.3, -0.25) is 0 Å². The Hall–Kier alpha value is -2.16. The fourth-order valence-electron chi connectivity index (χ4n) is 2.09. The van der Waals surface area contributed by atoms with Crippen LogP contribution in [0.2, 0.25) is 0 Å². The van der Waals surface area contributed by atoms with E-state index in [1.807, 2.05) is 42.5 Å². The summed E-state index contributed by atoms with van der Waals surface area (Å²) in [5.74, 6) is 2.20. The van der Waals surface area contributed by atoms with Crippen molar-refractivity contribution in [2.24, 2.45) is 5.92 Å². The number of hydrogen-bond acceptors (Lipinski definition) is 3. The van der Waals surface area contributed by atoms with Gasteiger partial charge in [0.25, 0.3) is 0 Å². The molecule has 2 aromatic rings. The van der Waals surface area contributed by atoms with Crippen LogP contribution in [0.5, 0.6) is 5.75 Å². The van der Waals surface area contributed by atoms with Crippen LogP contribution < -0.4 is 10.1 Å². The molecule has 1 heterocycles. The van der Waals surface area contributed by atoms with Crippen LogP contribution in [0.15, 0.2) is 59.7 Å². The fourth-order valence-corrected chi connectivity index (χ4v) is 2.09. The van der Waals surface area contributed by atoms with Crippen molar-refractivity contribution in [1.29, 1.82) is 0 Å². The van der Waals surface area contributed by atoms with Crippen LogP contribution in [-0.4, -0.2) is 7.11 Å². The van der Waals surface area contributed by atoms with Crippen LogP contribution in [0.25, 0.3) is 0 Å². The molecule has 0 aliphatic heterocycles. The largest absolute Gasteiger partial charge is 0.497 e. The molecule has 20 heavy (non-hydrogen) atoms. The predicted octanol–water partition coefficient (Wildman–Crippen LogP) is 4.65. The Labute approximate surface area is 120 Å². The molecule has 0 amide bonds. The third-order valence-corrected chi connectivity index (χ3v) is 3.33. The van der Waals surface area contributed by atoms with Gasteiger partial charge < -0.3 is 14.5 Å². The van der Waals surface area contributed by atoms with Crippen molar-refractivity contribution in [3.05, 3.63) is 61.1 Å². The van der Waals surface area contributed by atoms with Crippen LogP contribution in [0.3, 0.4) is 0 Å². The second-order valence-corrected chi connectivity index (χ2v) is 4.89. The summed E-state index contributed by atoms with van der Waals surface area (Å²) in [6.07, 6.45) is 4.60.